The molecule has 0 aliphatic carbocycles. The molecule has 0 saturated heterocycles. The van der Waals surface area contributed by atoms with Crippen molar-refractivity contribution >= 4 is 395 Å². The molecule has 0 bridgehead atoms. The molecule has 553 valence electrons. The lowest BCUT2D eigenvalue weighted by atomic mass is 10.5. The van der Waals surface area contributed by atoms with E-state index in [9.17, 15) is 223 Å². The molecule has 0 N–H and O–H groups in total. The SMILES string of the molecule is C=COCCC[Si](C)(C)[Si](=O)[Si](=O)[Si](=O)[Si](=O)[Si](=O)[Si](=O)[Si](=O)[Si](=O)[Si](=O)[Si](=O)[Si](=O)[Si](=O)[Si](=O)[Si](=O)[Si](=O)[Si](=O)[Si](=O)[Si](=O)[Si](=O)[Si](=O)[Si](=O)[Si](=O)[Si](=O)[Si](=O)[Si](=O)[Si](=O)[Si](=O)[Si](=O)[Si](=O)[Si](=O)[Si](=O)[Si](=O)[Si](=O)[Si](=O)[Si](=O)[Si](=O)[Si](=O)[Si](=O)[Si](=O)[Si](=O)[Si](=O)[Si](=O)[Si](=O)[Si](=O)[Si](=O)[Si](=O)[Si](=O)[Si](=O)[Si](=O)[Si]=O. The zero-order valence-corrected chi connectivity index (χ0v) is 103. The van der Waals surface area contributed by atoms with E-state index in [1.165, 1.54) is 13.1 Å². The third kappa shape index (κ3) is 28.6. The van der Waals surface area contributed by atoms with Crippen molar-refractivity contribution in [2.75, 3.05) is 6.61 Å². The molecule has 0 aromatic carbocycles. The Morgan fingerprint density at radius 2 is 0.321 bits per heavy atom. The van der Waals surface area contributed by atoms with Gasteiger partial charge in [-0.05, 0) is 6.42 Å². The summed E-state index contributed by atoms with van der Waals surface area (Å²) >= 11 is 0. The molecule has 0 aliphatic rings. The van der Waals surface area contributed by atoms with Crippen LogP contribution < -0.4 is 0 Å². The highest BCUT2D eigenvalue weighted by molar-refractivity contribution is 7.87. The summed E-state index contributed by atoms with van der Waals surface area (Å²) in [6, 6.07) is 0.161. The first-order chi connectivity index (χ1) is 49.8. The minimum Gasteiger partial charge on any atom is -0.502 e. The highest BCUT2D eigenvalue weighted by Crippen LogP contribution is 2.13. The van der Waals surface area contributed by atoms with Crippen molar-refractivity contribution in [3.63, 3.8) is 0 Å². The van der Waals surface area contributed by atoms with Gasteiger partial charge in [-0.15, -0.1) is 0 Å². The molecule has 0 saturated carbocycles. The second kappa shape index (κ2) is 49.4. The van der Waals surface area contributed by atoms with E-state index in [2.05, 4.69) is 6.58 Å². The van der Waals surface area contributed by atoms with E-state index in [-0.39, 0.29) is 19.1 Å². The first-order valence-corrected chi connectivity index (χ1v) is 149. The Morgan fingerprint density at radius 1 is 0.211 bits per heavy atom. The van der Waals surface area contributed by atoms with E-state index in [1.807, 2.05) is 0 Å². The minimum absolute atomic E-state index is 0.0792. The molecule has 0 fully saturated rings. The highest BCUT2D eigenvalue weighted by atomic mass is 30.2. The summed E-state index contributed by atoms with van der Waals surface area (Å²) < 4.78 is 641. The van der Waals surface area contributed by atoms with Gasteiger partial charge in [-0.25, -0.2) is 0 Å². The molecule has 0 rings (SSSR count). The summed E-state index contributed by atoms with van der Waals surface area (Å²) in [5.74, 6) is 0. The molecule has 102 heteroatoms. The topological polar surface area (TPSA) is 863 Å². The van der Waals surface area contributed by atoms with Crippen LogP contribution in [-0.4, -0.2) is 401 Å². The standard InChI is InChI=1S/C7H15O51Si51/c1-4-58-6-5-7-109(2,3)108(57)107(56)106(55)105(54)104(53)103(52)102(51)101(50)100(49)99(48)98(47)97(46)96(45)95(44)94(43)93(42)92(41)91(40)90(39)89(38)88(37)87(36)86(35)85(34)84(33)83(32)82(31)81(30)80(29)79(28)78(27)77(26)76(25)75(24)74(23)73(22)72(21)71(20)70(19)69(18)68(17)67(16)66(15)65(14)64(13)63(12)62(11)61(10)60(9)59-8/h4H,1,5-7H2,2-3H3. The van der Waals surface area contributed by atoms with Crippen LogP contribution in [0.25, 0.3) is 0 Å². The van der Waals surface area contributed by atoms with Gasteiger partial charge in [-0.1, -0.05) is 25.7 Å². The van der Waals surface area contributed by atoms with Crippen LogP contribution in [0, 0.1) is 0 Å². The van der Waals surface area contributed by atoms with Gasteiger partial charge in [0.2, 0.25) is 0 Å². The van der Waals surface area contributed by atoms with Gasteiger partial charge in [0, 0.05) is 0 Å². The molecule has 0 spiro atoms. The number of ether oxygens (including phenoxy) is 1. The summed E-state index contributed by atoms with van der Waals surface area (Å²) in [4.78, 5) is 0. The Bertz CT molecular complexity index is 5070. The van der Waals surface area contributed by atoms with Crippen LogP contribution in [0.15, 0.2) is 12.8 Å². The van der Waals surface area contributed by atoms with Gasteiger partial charge in [-0.2, -0.15) is 0 Å². The van der Waals surface area contributed by atoms with E-state index < -0.39 is 395 Å². The molecule has 0 amide bonds. The second-order valence-electron chi connectivity index (χ2n) is 19.3. The Balaban J connectivity index is 6.04. The molecule has 0 aromatic rings. The normalized spacial score (nSPS) is 10.1. The number of hydrogen-bond acceptors (Lipinski definition) is 51. The van der Waals surface area contributed by atoms with Gasteiger partial charge >= 0.3 is 387 Å². The summed E-state index contributed by atoms with van der Waals surface area (Å²) in [5, 5.41) is 0. The van der Waals surface area contributed by atoms with Crippen molar-refractivity contribution in [3.05, 3.63) is 12.8 Å². The lowest BCUT2D eigenvalue weighted by Gasteiger charge is -2.17. The summed E-state index contributed by atoms with van der Waals surface area (Å²) in [7, 11) is -234. The van der Waals surface area contributed by atoms with Crippen LogP contribution in [0.4, 0.5) is 0 Å². The molecular formula is C7H15O51Si51. The fraction of sp³-hybridized carbons (Fsp3) is 0.714. The lowest BCUT2D eigenvalue weighted by molar-refractivity contribution is 0.251. The van der Waals surface area contributed by atoms with Crippen LogP contribution in [0.1, 0.15) is 6.42 Å². The van der Waals surface area contributed by atoms with Gasteiger partial charge in [0.15, 0.2) is 0 Å². The Kier molecular flexibility index (Phi) is 49.6. The Labute approximate surface area is 659 Å². The van der Waals surface area contributed by atoms with Gasteiger partial charge in [-0.3, -0.25) is 0 Å². The quantitative estimate of drug-likeness (QED) is 0.0310. The van der Waals surface area contributed by atoms with Crippen LogP contribution in [0.2, 0.25) is 19.1 Å². The van der Waals surface area contributed by atoms with Crippen LogP contribution >= 0.6 is 0 Å². The lowest BCUT2D eigenvalue weighted by Crippen LogP contribution is -2.58. The smallest absolute Gasteiger partial charge is 0.381 e. The molecular weight excluding hydrogens is 2330 g/mol. The molecule has 0 unspecified atom stereocenters. The van der Waals surface area contributed by atoms with Crippen LogP contribution in [-0.2, 0) is 228 Å². The van der Waals surface area contributed by atoms with Crippen LogP contribution in [0.3, 0.4) is 0 Å². The van der Waals surface area contributed by atoms with Crippen molar-refractivity contribution in [1.82, 2.24) is 0 Å². The van der Waals surface area contributed by atoms with Gasteiger partial charge in [0.1, 0.15) is 7.59 Å². The van der Waals surface area contributed by atoms with E-state index in [4.69, 9.17) is 4.74 Å². The Hall–Kier alpha value is 0.601. The molecule has 1 radical (unpaired) electrons. The largest absolute Gasteiger partial charge is 0.502 e. The van der Waals surface area contributed by atoms with Crippen molar-refractivity contribution in [2.45, 2.75) is 25.6 Å². The molecule has 0 aliphatic heterocycles. The van der Waals surface area contributed by atoms with Gasteiger partial charge in [0.05, 0.1) is 12.9 Å². The maximum atomic E-state index is 13.0. The van der Waals surface area contributed by atoms with E-state index in [1.54, 1.807) is 0 Å². The van der Waals surface area contributed by atoms with E-state index in [0.29, 0.717) is 0 Å². The zero-order valence-electron chi connectivity index (χ0n) is 51.7. The third-order valence-electron chi connectivity index (χ3n) is 11.8. The summed E-state index contributed by atoms with van der Waals surface area (Å²) in [6.45, 7) is 6.29. The van der Waals surface area contributed by atoms with Gasteiger partial charge in [0.25, 0.3) is 0 Å². The van der Waals surface area contributed by atoms with Crippen molar-refractivity contribution < 1.29 is 228 Å². The third-order valence-corrected chi connectivity index (χ3v) is 410. The summed E-state index contributed by atoms with van der Waals surface area (Å²) in [6.07, 6.45) is 1.33. The fourth-order valence-corrected chi connectivity index (χ4v) is 602. The average molecular weight is 2350 g/mol. The first-order valence-electron chi connectivity index (χ1n) is 26.0. The maximum Gasteiger partial charge on any atom is 0.381 e. The van der Waals surface area contributed by atoms with Crippen LogP contribution in [0.5, 0.6) is 0 Å². The molecule has 0 heterocycles. The van der Waals surface area contributed by atoms with Gasteiger partial charge < -0.3 is 228 Å². The number of hydrogen-bond donors (Lipinski definition) is 0. The predicted octanol–water partition coefficient (Wildman–Crippen LogP) is -22.7. The minimum atomic E-state index is -4.95. The molecule has 0 aromatic heterocycles. The molecule has 51 nitrogen and oxygen atoms in total. The van der Waals surface area contributed by atoms with E-state index >= 15 is 0 Å². The van der Waals surface area contributed by atoms with E-state index in [0.717, 1.165) is 6.26 Å². The van der Waals surface area contributed by atoms with Crippen molar-refractivity contribution in [2.24, 2.45) is 0 Å². The second-order valence-corrected chi connectivity index (χ2v) is 268. The zero-order chi connectivity index (χ0) is 86.0. The predicted molar refractivity (Wildman–Crippen MR) is 365 cm³/mol. The monoisotopic (exact) mass is 2340 g/mol. The fourth-order valence-electron chi connectivity index (χ4n) is 5.99. The Morgan fingerprint density at radius 3 is 0.431 bits per heavy atom. The van der Waals surface area contributed by atoms with Crippen molar-refractivity contribution in [3.8, 4) is 0 Å². The maximum absolute atomic E-state index is 13.0. The van der Waals surface area contributed by atoms with Crippen molar-refractivity contribution in [1.29, 1.82) is 0 Å². The average Bonchev–Trinajstić information content (AvgIpc) is 0.826. The summed E-state index contributed by atoms with van der Waals surface area (Å²) in [5.41, 5.74) is 0. The first kappa shape index (κ1) is 110. The number of rotatable bonds is 55. The highest BCUT2D eigenvalue weighted by Gasteiger charge is 2.62. The molecule has 0 atom stereocenters. The molecule has 109 heavy (non-hydrogen) atoms.